The first kappa shape index (κ1) is 14.4. The number of anilines is 1. The van der Waals surface area contributed by atoms with Gasteiger partial charge in [0.15, 0.2) is 0 Å². The Bertz CT molecular complexity index is 728. The van der Waals surface area contributed by atoms with E-state index in [1.165, 1.54) is 12.8 Å². The van der Waals surface area contributed by atoms with E-state index in [4.69, 9.17) is 5.73 Å². The van der Waals surface area contributed by atoms with E-state index in [1.807, 2.05) is 0 Å². The smallest absolute Gasteiger partial charge is 0.242 e. The second kappa shape index (κ2) is 5.69. The van der Waals surface area contributed by atoms with Crippen molar-refractivity contribution >= 4 is 26.6 Å². The van der Waals surface area contributed by atoms with E-state index in [0.29, 0.717) is 11.1 Å². The van der Waals surface area contributed by atoms with Gasteiger partial charge in [0, 0.05) is 28.8 Å². The first-order valence-electron chi connectivity index (χ1n) is 7.45. The summed E-state index contributed by atoms with van der Waals surface area (Å²) in [7, 11) is -3.51. The normalized spacial score (nSPS) is 17.9. The van der Waals surface area contributed by atoms with E-state index >= 15 is 0 Å². The van der Waals surface area contributed by atoms with Crippen LogP contribution in [0.15, 0.2) is 29.3 Å². The molecular weight excluding hydrogens is 286 g/mol. The molecule has 0 aliphatic heterocycles. The van der Waals surface area contributed by atoms with Crippen molar-refractivity contribution in [2.45, 2.75) is 49.5 Å². The van der Waals surface area contributed by atoms with Crippen LogP contribution in [0.2, 0.25) is 0 Å². The molecule has 6 heteroatoms. The second-order valence-corrected chi connectivity index (χ2v) is 7.45. The van der Waals surface area contributed by atoms with Crippen molar-refractivity contribution in [3.8, 4) is 0 Å². The molecule has 1 aliphatic carbocycles. The number of nitrogens with one attached hydrogen (secondary N) is 2. The van der Waals surface area contributed by atoms with Gasteiger partial charge in [-0.25, -0.2) is 13.1 Å². The molecule has 4 N–H and O–H groups in total. The first-order chi connectivity index (χ1) is 10.1. The minimum atomic E-state index is -3.51. The van der Waals surface area contributed by atoms with Crippen molar-refractivity contribution in [2.75, 3.05) is 5.73 Å². The molecular formula is C15H21N3O2S. The quantitative estimate of drug-likeness (QED) is 0.602. The average molecular weight is 307 g/mol. The molecule has 0 spiro atoms. The van der Waals surface area contributed by atoms with Gasteiger partial charge in [0.2, 0.25) is 10.0 Å². The van der Waals surface area contributed by atoms with E-state index in [1.54, 1.807) is 24.4 Å². The number of sulfonamides is 1. The van der Waals surface area contributed by atoms with E-state index < -0.39 is 10.0 Å². The van der Waals surface area contributed by atoms with Crippen LogP contribution in [-0.4, -0.2) is 19.4 Å². The van der Waals surface area contributed by atoms with E-state index in [2.05, 4.69) is 9.71 Å². The molecule has 0 radical (unpaired) electrons. The molecule has 0 bridgehead atoms. The zero-order chi connectivity index (χ0) is 14.9. The number of hydrogen-bond acceptors (Lipinski definition) is 3. The maximum atomic E-state index is 12.6. The molecule has 5 nitrogen and oxygen atoms in total. The summed E-state index contributed by atoms with van der Waals surface area (Å²) in [5, 5.41) is 0.649. The van der Waals surface area contributed by atoms with Crippen LogP contribution >= 0.6 is 0 Å². The lowest BCUT2D eigenvalue weighted by Crippen LogP contribution is -2.34. The minimum Gasteiger partial charge on any atom is -0.399 e. The summed E-state index contributed by atoms with van der Waals surface area (Å²) in [6.45, 7) is 0. The van der Waals surface area contributed by atoms with Gasteiger partial charge in [0.1, 0.15) is 4.90 Å². The molecule has 3 rings (SSSR count). The predicted octanol–water partition coefficient (Wildman–Crippen LogP) is 2.75. The van der Waals surface area contributed by atoms with Crippen molar-refractivity contribution in [3.63, 3.8) is 0 Å². The summed E-state index contributed by atoms with van der Waals surface area (Å²) in [5.41, 5.74) is 7.12. The Morgan fingerprint density at radius 2 is 1.86 bits per heavy atom. The Labute approximate surface area is 125 Å². The first-order valence-corrected chi connectivity index (χ1v) is 8.93. The highest BCUT2D eigenvalue weighted by Crippen LogP contribution is 2.26. The maximum Gasteiger partial charge on any atom is 0.242 e. The van der Waals surface area contributed by atoms with Crippen molar-refractivity contribution in [3.05, 3.63) is 24.4 Å². The summed E-state index contributed by atoms with van der Waals surface area (Å²) in [5.74, 6) is 0. The Morgan fingerprint density at radius 3 is 2.57 bits per heavy atom. The zero-order valence-corrected chi connectivity index (χ0v) is 12.7. The molecule has 1 aliphatic rings. The highest BCUT2D eigenvalue weighted by atomic mass is 32.2. The van der Waals surface area contributed by atoms with E-state index in [9.17, 15) is 8.42 Å². The number of hydrogen-bond donors (Lipinski definition) is 3. The van der Waals surface area contributed by atoms with Gasteiger partial charge < -0.3 is 10.7 Å². The summed E-state index contributed by atoms with van der Waals surface area (Å²) in [6, 6.07) is 5.31. The molecule has 1 saturated carbocycles. The Balaban J connectivity index is 1.90. The molecule has 21 heavy (non-hydrogen) atoms. The summed E-state index contributed by atoms with van der Waals surface area (Å²) in [4.78, 5) is 3.28. The number of nitrogen functional groups attached to an aromatic ring is 1. The SMILES string of the molecule is Nc1ccc2[nH]cc(S(=O)(=O)NC3CCCCCC3)c2c1. The fourth-order valence-electron chi connectivity index (χ4n) is 3.02. The fraction of sp³-hybridized carbons (Fsp3) is 0.467. The lowest BCUT2D eigenvalue weighted by Gasteiger charge is -2.16. The highest BCUT2D eigenvalue weighted by molar-refractivity contribution is 7.89. The van der Waals surface area contributed by atoms with Gasteiger partial charge in [-0.2, -0.15) is 0 Å². The Hall–Kier alpha value is -1.53. The maximum absolute atomic E-state index is 12.6. The van der Waals surface area contributed by atoms with Crippen LogP contribution in [0.3, 0.4) is 0 Å². The monoisotopic (exact) mass is 307 g/mol. The molecule has 2 aromatic rings. The van der Waals surface area contributed by atoms with Crippen LogP contribution < -0.4 is 10.5 Å². The predicted molar refractivity (Wildman–Crippen MR) is 84.5 cm³/mol. The van der Waals surface area contributed by atoms with Crippen molar-refractivity contribution < 1.29 is 8.42 Å². The number of rotatable bonds is 3. The second-order valence-electron chi connectivity index (χ2n) is 5.77. The van der Waals surface area contributed by atoms with Crippen molar-refractivity contribution in [1.29, 1.82) is 0 Å². The van der Waals surface area contributed by atoms with Crippen LogP contribution in [0, 0.1) is 0 Å². The van der Waals surface area contributed by atoms with Gasteiger partial charge in [-0.05, 0) is 31.0 Å². The van der Waals surface area contributed by atoms with Gasteiger partial charge in [0.25, 0.3) is 0 Å². The van der Waals surface area contributed by atoms with Gasteiger partial charge in [-0.15, -0.1) is 0 Å². The van der Waals surface area contributed by atoms with Gasteiger partial charge in [-0.3, -0.25) is 0 Å². The minimum absolute atomic E-state index is 0.0449. The van der Waals surface area contributed by atoms with E-state index in [0.717, 1.165) is 31.2 Å². The lowest BCUT2D eigenvalue weighted by atomic mass is 10.1. The van der Waals surface area contributed by atoms with Crippen molar-refractivity contribution in [1.82, 2.24) is 9.71 Å². The topological polar surface area (TPSA) is 88.0 Å². The molecule has 0 amide bonds. The number of aromatic nitrogens is 1. The highest BCUT2D eigenvalue weighted by Gasteiger charge is 2.23. The lowest BCUT2D eigenvalue weighted by molar-refractivity contribution is 0.510. The number of nitrogens with two attached hydrogens (primary N) is 1. The molecule has 1 aromatic carbocycles. The van der Waals surface area contributed by atoms with Crippen LogP contribution in [-0.2, 0) is 10.0 Å². The number of aromatic amines is 1. The summed E-state index contributed by atoms with van der Waals surface area (Å²) < 4.78 is 28.1. The Kier molecular flexibility index (Phi) is 3.91. The molecule has 0 atom stereocenters. The molecule has 0 unspecified atom stereocenters. The third kappa shape index (κ3) is 3.06. The van der Waals surface area contributed by atoms with E-state index in [-0.39, 0.29) is 10.9 Å². The largest absolute Gasteiger partial charge is 0.399 e. The van der Waals surface area contributed by atoms with Crippen molar-refractivity contribution in [2.24, 2.45) is 0 Å². The van der Waals surface area contributed by atoms with Gasteiger partial charge >= 0.3 is 0 Å². The van der Waals surface area contributed by atoms with Crippen LogP contribution in [0.1, 0.15) is 38.5 Å². The number of benzene rings is 1. The van der Waals surface area contributed by atoms with Crippen LogP contribution in [0.4, 0.5) is 5.69 Å². The fourth-order valence-corrected chi connectivity index (χ4v) is 4.49. The zero-order valence-electron chi connectivity index (χ0n) is 11.9. The van der Waals surface area contributed by atoms with Crippen LogP contribution in [0.25, 0.3) is 10.9 Å². The number of H-pyrrole nitrogens is 1. The molecule has 1 heterocycles. The Morgan fingerprint density at radius 1 is 1.14 bits per heavy atom. The summed E-state index contributed by atoms with van der Waals surface area (Å²) >= 11 is 0. The standard InChI is InChI=1S/C15H21N3O2S/c16-11-7-8-14-13(9-11)15(10-17-14)21(19,20)18-12-5-3-1-2-4-6-12/h7-10,12,17-18H,1-6,16H2. The molecule has 0 saturated heterocycles. The van der Waals surface area contributed by atoms with Gasteiger partial charge in [-0.1, -0.05) is 25.7 Å². The average Bonchev–Trinajstić information content (AvgIpc) is 2.69. The molecule has 1 aromatic heterocycles. The van der Waals surface area contributed by atoms with Crippen LogP contribution in [0.5, 0.6) is 0 Å². The molecule has 114 valence electrons. The third-order valence-electron chi connectivity index (χ3n) is 4.13. The van der Waals surface area contributed by atoms with Gasteiger partial charge in [0.05, 0.1) is 0 Å². The third-order valence-corrected chi connectivity index (χ3v) is 5.69. The molecule has 1 fully saturated rings. The summed E-state index contributed by atoms with van der Waals surface area (Å²) in [6.07, 6.45) is 7.96. The number of fused-ring (bicyclic) bond motifs is 1.